The standard InChI is InChI=1S/C33H36F3N5O/c1-24-4-6-28(19-27(24)7-5-26-18-31(22-37-21-26)41-14-16-42-17-15-41)25(2)38-30-9-8-29(32(20-30)33(34,35)36)23-40-12-10-39(3)11-13-40/h4,6,8-9,18-22,38H,2,10-17,23H2,1,3H3. The lowest BCUT2D eigenvalue weighted by atomic mass is 10.0. The molecule has 0 aliphatic carbocycles. The third-order valence-electron chi connectivity index (χ3n) is 7.73. The number of morpholine rings is 1. The summed E-state index contributed by atoms with van der Waals surface area (Å²) >= 11 is 0. The van der Waals surface area contributed by atoms with E-state index in [0.717, 1.165) is 67.2 Å². The molecular formula is C33H36F3N5O. The maximum Gasteiger partial charge on any atom is 0.416 e. The number of nitrogens with zero attached hydrogens (tertiary/aromatic N) is 4. The van der Waals surface area contributed by atoms with E-state index in [1.165, 1.54) is 6.07 Å². The molecule has 1 aromatic heterocycles. The molecule has 5 rings (SSSR count). The number of ether oxygens (including phenoxy) is 1. The van der Waals surface area contributed by atoms with E-state index >= 15 is 0 Å². The van der Waals surface area contributed by atoms with Crippen molar-refractivity contribution < 1.29 is 17.9 Å². The molecule has 1 N–H and O–H groups in total. The summed E-state index contributed by atoms with van der Waals surface area (Å²) in [5.74, 6) is 6.45. The van der Waals surface area contributed by atoms with Crippen LogP contribution in [0.5, 0.6) is 0 Å². The minimum absolute atomic E-state index is 0.273. The van der Waals surface area contributed by atoms with Gasteiger partial charge in [-0.2, -0.15) is 13.2 Å². The summed E-state index contributed by atoms with van der Waals surface area (Å²) in [6, 6.07) is 12.2. The number of piperazine rings is 1. The van der Waals surface area contributed by atoms with Gasteiger partial charge in [0, 0.05) is 74.5 Å². The first-order valence-corrected chi connectivity index (χ1v) is 14.1. The van der Waals surface area contributed by atoms with Crippen LogP contribution in [0.15, 0.2) is 61.4 Å². The van der Waals surface area contributed by atoms with Gasteiger partial charge in [0.05, 0.1) is 30.7 Å². The van der Waals surface area contributed by atoms with Crippen molar-refractivity contribution in [2.75, 3.05) is 69.7 Å². The van der Waals surface area contributed by atoms with Gasteiger partial charge in [0.1, 0.15) is 0 Å². The molecule has 0 saturated carbocycles. The number of alkyl halides is 3. The molecule has 2 saturated heterocycles. The first-order valence-electron chi connectivity index (χ1n) is 14.1. The summed E-state index contributed by atoms with van der Waals surface area (Å²) < 4.78 is 47.6. The lowest BCUT2D eigenvalue weighted by molar-refractivity contribution is -0.138. The number of aryl methyl sites for hydroxylation is 1. The minimum Gasteiger partial charge on any atom is -0.378 e. The zero-order chi connectivity index (χ0) is 29.7. The predicted molar refractivity (Wildman–Crippen MR) is 161 cm³/mol. The van der Waals surface area contributed by atoms with E-state index in [0.29, 0.717) is 24.6 Å². The Morgan fingerprint density at radius 2 is 1.74 bits per heavy atom. The number of aromatic nitrogens is 1. The SMILES string of the molecule is C=C(Nc1ccc(CN2CCN(C)CC2)c(C(F)(F)F)c1)c1ccc(C)c(C#Cc2cncc(N3CCOCC3)c2)c1. The number of rotatable bonds is 6. The highest BCUT2D eigenvalue weighted by Crippen LogP contribution is 2.35. The molecule has 0 spiro atoms. The van der Waals surface area contributed by atoms with Crippen molar-refractivity contribution in [3.63, 3.8) is 0 Å². The van der Waals surface area contributed by atoms with E-state index in [1.807, 2.05) is 44.4 Å². The number of halogens is 3. The summed E-state index contributed by atoms with van der Waals surface area (Å²) in [6.07, 6.45) is -0.884. The maximum absolute atomic E-state index is 14.1. The number of anilines is 2. The monoisotopic (exact) mass is 575 g/mol. The molecule has 3 aromatic rings. The van der Waals surface area contributed by atoms with Crippen LogP contribution >= 0.6 is 0 Å². The van der Waals surface area contributed by atoms with Crippen LogP contribution in [0.25, 0.3) is 5.70 Å². The Morgan fingerprint density at radius 1 is 0.976 bits per heavy atom. The molecule has 6 nitrogen and oxygen atoms in total. The largest absolute Gasteiger partial charge is 0.416 e. The highest BCUT2D eigenvalue weighted by molar-refractivity contribution is 5.76. The Hall–Kier alpha value is -3.84. The van der Waals surface area contributed by atoms with Gasteiger partial charge in [-0.1, -0.05) is 36.6 Å². The molecule has 9 heteroatoms. The maximum atomic E-state index is 14.1. The molecule has 220 valence electrons. The van der Waals surface area contributed by atoms with Gasteiger partial charge in [0.25, 0.3) is 0 Å². The van der Waals surface area contributed by atoms with Gasteiger partial charge in [-0.05, 0) is 54.9 Å². The van der Waals surface area contributed by atoms with Gasteiger partial charge < -0.3 is 19.9 Å². The van der Waals surface area contributed by atoms with Crippen LogP contribution in [0.2, 0.25) is 0 Å². The average molecular weight is 576 g/mol. The Labute approximate surface area is 245 Å². The van der Waals surface area contributed by atoms with Crippen molar-refractivity contribution in [2.24, 2.45) is 0 Å². The predicted octanol–water partition coefficient (Wildman–Crippen LogP) is 5.48. The quantitative estimate of drug-likeness (QED) is 0.393. The van der Waals surface area contributed by atoms with Crippen LogP contribution in [-0.2, 0) is 17.5 Å². The molecule has 2 fully saturated rings. The molecule has 3 heterocycles. The van der Waals surface area contributed by atoms with Crippen LogP contribution in [0.1, 0.15) is 33.4 Å². The topological polar surface area (TPSA) is 43.9 Å². The van der Waals surface area contributed by atoms with Crippen molar-refractivity contribution in [1.82, 2.24) is 14.8 Å². The molecule has 42 heavy (non-hydrogen) atoms. The molecule has 2 aliphatic heterocycles. The van der Waals surface area contributed by atoms with E-state index in [-0.39, 0.29) is 12.1 Å². The summed E-state index contributed by atoms with van der Waals surface area (Å²) in [5, 5.41) is 3.08. The van der Waals surface area contributed by atoms with E-state index in [1.54, 1.807) is 18.3 Å². The fourth-order valence-corrected chi connectivity index (χ4v) is 5.12. The number of benzene rings is 2. The summed E-state index contributed by atoms with van der Waals surface area (Å²) in [6.45, 7) is 12.6. The normalized spacial score (nSPS) is 16.5. The second-order valence-electron chi connectivity index (χ2n) is 10.9. The van der Waals surface area contributed by atoms with Gasteiger partial charge in [-0.15, -0.1) is 0 Å². The number of hydrogen-bond acceptors (Lipinski definition) is 6. The van der Waals surface area contributed by atoms with Crippen molar-refractivity contribution in [1.29, 1.82) is 0 Å². The lowest BCUT2D eigenvalue weighted by Gasteiger charge is -2.33. The van der Waals surface area contributed by atoms with Crippen molar-refractivity contribution in [3.8, 4) is 11.8 Å². The van der Waals surface area contributed by atoms with Crippen molar-refractivity contribution >= 4 is 17.1 Å². The summed E-state index contributed by atoms with van der Waals surface area (Å²) in [4.78, 5) is 10.8. The van der Waals surface area contributed by atoms with Crippen LogP contribution in [0.3, 0.4) is 0 Å². The Morgan fingerprint density at radius 3 is 2.48 bits per heavy atom. The Kier molecular flexibility index (Phi) is 9.17. The molecule has 0 radical (unpaired) electrons. The number of nitrogens with one attached hydrogen (secondary N) is 1. The summed E-state index contributed by atoms with van der Waals surface area (Å²) in [5.41, 5.74) is 4.86. The number of hydrogen-bond donors (Lipinski definition) is 1. The van der Waals surface area contributed by atoms with E-state index in [4.69, 9.17) is 4.74 Å². The fraction of sp³-hybridized carbons (Fsp3) is 0.364. The second-order valence-corrected chi connectivity index (χ2v) is 10.9. The molecule has 2 aromatic carbocycles. The second kappa shape index (κ2) is 13.0. The molecular weight excluding hydrogens is 539 g/mol. The van der Waals surface area contributed by atoms with Crippen LogP contribution in [-0.4, -0.2) is 74.3 Å². The Bertz CT molecular complexity index is 1480. The van der Waals surface area contributed by atoms with Crippen molar-refractivity contribution in [3.05, 3.63) is 94.8 Å². The van der Waals surface area contributed by atoms with Crippen LogP contribution < -0.4 is 10.2 Å². The lowest BCUT2D eigenvalue weighted by Crippen LogP contribution is -2.44. The van der Waals surface area contributed by atoms with Gasteiger partial charge >= 0.3 is 6.18 Å². The molecule has 0 atom stereocenters. The first-order chi connectivity index (χ1) is 20.2. The minimum atomic E-state index is -4.46. The zero-order valence-electron chi connectivity index (χ0n) is 24.1. The van der Waals surface area contributed by atoms with E-state index in [9.17, 15) is 13.2 Å². The molecule has 0 bridgehead atoms. The van der Waals surface area contributed by atoms with E-state index in [2.05, 4.69) is 43.4 Å². The van der Waals surface area contributed by atoms with E-state index < -0.39 is 11.7 Å². The Balaban J connectivity index is 1.31. The van der Waals surface area contributed by atoms with Gasteiger partial charge in [0.2, 0.25) is 0 Å². The third-order valence-corrected chi connectivity index (χ3v) is 7.73. The highest BCUT2D eigenvalue weighted by atomic mass is 19.4. The average Bonchev–Trinajstić information content (AvgIpc) is 2.98. The van der Waals surface area contributed by atoms with Gasteiger partial charge in [0.15, 0.2) is 0 Å². The van der Waals surface area contributed by atoms with Gasteiger partial charge in [-0.25, -0.2) is 0 Å². The highest BCUT2D eigenvalue weighted by Gasteiger charge is 2.34. The van der Waals surface area contributed by atoms with Gasteiger partial charge in [-0.3, -0.25) is 9.88 Å². The zero-order valence-corrected chi connectivity index (χ0v) is 24.1. The molecule has 2 aliphatic rings. The number of likely N-dealkylation sites (N-methyl/N-ethyl adjacent to an activating group) is 1. The van der Waals surface area contributed by atoms with Crippen LogP contribution in [0, 0.1) is 18.8 Å². The molecule has 0 unspecified atom stereocenters. The molecule has 0 amide bonds. The smallest absolute Gasteiger partial charge is 0.378 e. The third kappa shape index (κ3) is 7.51. The first kappa shape index (κ1) is 29.6. The summed E-state index contributed by atoms with van der Waals surface area (Å²) in [7, 11) is 2.03. The fourth-order valence-electron chi connectivity index (χ4n) is 5.12. The number of pyridine rings is 1. The van der Waals surface area contributed by atoms with Crippen molar-refractivity contribution in [2.45, 2.75) is 19.6 Å². The van der Waals surface area contributed by atoms with Crippen LogP contribution in [0.4, 0.5) is 24.5 Å².